The number of carboxylic acids is 1. The number of nitrogens with zero attached hydrogens (tertiary/aromatic N) is 1. The summed E-state index contributed by atoms with van der Waals surface area (Å²) in [6.45, 7) is 0. The summed E-state index contributed by atoms with van der Waals surface area (Å²) >= 11 is 0. The van der Waals surface area contributed by atoms with Crippen molar-refractivity contribution in [1.29, 1.82) is 0 Å². The molecule has 4 nitrogen and oxygen atoms in total. The molecule has 6 heteroatoms. The minimum Gasteiger partial charge on any atom is -0.481 e. The molecule has 0 saturated heterocycles. The second-order valence-corrected chi connectivity index (χ2v) is 2.92. The molecule has 1 heterocycles. The Labute approximate surface area is 101 Å². The fourth-order valence-electron chi connectivity index (χ4n) is 1.12. The first-order valence-corrected chi connectivity index (χ1v) is 4.05. The van der Waals surface area contributed by atoms with Crippen LogP contribution in [0, 0.1) is 0 Å². The summed E-state index contributed by atoms with van der Waals surface area (Å²) in [4.78, 5) is 14.2. The van der Waals surface area contributed by atoms with Crippen LogP contribution < -0.4 is 5.73 Å². The molecule has 0 spiro atoms. The van der Waals surface area contributed by atoms with Crippen LogP contribution in [0.1, 0.15) is 12.0 Å². The van der Waals surface area contributed by atoms with Gasteiger partial charge in [0.25, 0.3) is 0 Å². The van der Waals surface area contributed by atoms with Crippen molar-refractivity contribution >= 4 is 30.8 Å². The van der Waals surface area contributed by atoms with Crippen LogP contribution in [0.25, 0.3) is 0 Å². The molecule has 0 amide bonds. The fourth-order valence-corrected chi connectivity index (χ4v) is 1.12. The lowest BCUT2D eigenvalue weighted by Crippen LogP contribution is -2.26. The van der Waals surface area contributed by atoms with Gasteiger partial charge in [0, 0.05) is 18.4 Å². The van der Waals surface area contributed by atoms with E-state index in [0.717, 1.165) is 5.56 Å². The highest BCUT2D eigenvalue weighted by Gasteiger charge is 2.08. The summed E-state index contributed by atoms with van der Waals surface area (Å²) in [6.07, 6.45) is 3.92. The van der Waals surface area contributed by atoms with E-state index in [1.165, 1.54) is 0 Å². The molecule has 15 heavy (non-hydrogen) atoms. The quantitative estimate of drug-likeness (QED) is 0.847. The third-order valence-electron chi connectivity index (χ3n) is 1.68. The predicted molar refractivity (Wildman–Crippen MR) is 62.7 cm³/mol. The van der Waals surface area contributed by atoms with Gasteiger partial charge in [-0.3, -0.25) is 9.78 Å². The third-order valence-corrected chi connectivity index (χ3v) is 1.68. The molecule has 0 aliphatic carbocycles. The number of carbonyl (C=O) groups is 1. The van der Waals surface area contributed by atoms with Crippen molar-refractivity contribution in [1.82, 2.24) is 4.98 Å². The van der Waals surface area contributed by atoms with Crippen LogP contribution in [0.2, 0.25) is 0 Å². The highest BCUT2D eigenvalue weighted by atomic mass is 35.5. The van der Waals surface area contributed by atoms with Gasteiger partial charge in [0.1, 0.15) is 0 Å². The number of aromatic nitrogens is 1. The molecule has 1 aromatic heterocycles. The molecule has 1 atom stereocenters. The second kappa shape index (κ2) is 8.47. The van der Waals surface area contributed by atoms with E-state index < -0.39 is 5.97 Å². The topological polar surface area (TPSA) is 76.2 Å². The summed E-state index contributed by atoms with van der Waals surface area (Å²) in [6, 6.07) is 3.35. The first-order valence-electron chi connectivity index (χ1n) is 4.05. The Morgan fingerprint density at radius 1 is 1.40 bits per heavy atom. The van der Waals surface area contributed by atoms with Crippen LogP contribution in [0.4, 0.5) is 0 Å². The van der Waals surface area contributed by atoms with Crippen molar-refractivity contribution < 1.29 is 9.90 Å². The molecule has 0 radical (unpaired) electrons. The van der Waals surface area contributed by atoms with Gasteiger partial charge in [-0.2, -0.15) is 0 Å². The molecule has 0 aliphatic heterocycles. The SMILES string of the molecule is Cl.Cl.N[C@H](CC(=O)O)Cc1ccncc1. The van der Waals surface area contributed by atoms with Gasteiger partial charge in [0.15, 0.2) is 0 Å². The standard InChI is InChI=1S/C9H12N2O2.2ClH/c10-8(6-9(12)13)5-7-1-3-11-4-2-7;;/h1-4,8H,5-6,10H2,(H,12,13);2*1H/t8-;;/m0../s1. The van der Waals surface area contributed by atoms with Crippen LogP contribution in [0.5, 0.6) is 0 Å². The summed E-state index contributed by atoms with van der Waals surface area (Å²) < 4.78 is 0. The van der Waals surface area contributed by atoms with Crippen molar-refractivity contribution in [3.8, 4) is 0 Å². The molecule has 0 aromatic carbocycles. The summed E-state index contributed by atoms with van der Waals surface area (Å²) in [5, 5.41) is 8.47. The average molecular weight is 253 g/mol. The van der Waals surface area contributed by atoms with E-state index in [1.807, 2.05) is 12.1 Å². The lowest BCUT2D eigenvalue weighted by Gasteiger charge is -2.07. The molecule has 3 N–H and O–H groups in total. The minimum atomic E-state index is -0.860. The number of aliphatic carboxylic acids is 1. The maximum absolute atomic E-state index is 10.3. The fraction of sp³-hybridized carbons (Fsp3) is 0.333. The second-order valence-electron chi connectivity index (χ2n) is 2.92. The van der Waals surface area contributed by atoms with Crippen LogP contribution >= 0.6 is 24.8 Å². The van der Waals surface area contributed by atoms with Gasteiger partial charge in [-0.15, -0.1) is 24.8 Å². The van der Waals surface area contributed by atoms with Gasteiger partial charge in [0.05, 0.1) is 6.42 Å². The number of pyridine rings is 1. The van der Waals surface area contributed by atoms with E-state index in [4.69, 9.17) is 10.8 Å². The predicted octanol–water partition coefficient (Wildman–Crippen LogP) is 1.27. The number of carboxylic acid groups (broad SMARTS) is 1. The lowest BCUT2D eigenvalue weighted by molar-refractivity contribution is -0.137. The van der Waals surface area contributed by atoms with E-state index in [1.54, 1.807) is 12.4 Å². The number of nitrogens with two attached hydrogens (primary N) is 1. The highest BCUT2D eigenvalue weighted by Crippen LogP contribution is 2.02. The minimum absolute atomic E-state index is 0. The normalized spacial score (nSPS) is 10.7. The monoisotopic (exact) mass is 252 g/mol. The zero-order chi connectivity index (χ0) is 9.68. The Bertz CT molecular complexity index is 283. The molecular weight excluding hydrogens is 239 g/mol. The molecule has 0 aliphatic rings. The molecule has 0 fully saturated rings. The van der Waals surface area contributed by atoms with Gasteiger partial charge < -0.3 is 10.8 Å². The maximum Gasteiger partial charge on any atom is 0.304 e. The Balaban J connectivity index is 0. The smallest absolute Gasteiger partial charge is 0.304 e. The van der Waals surface area contributed by atoms with Crippen molar-refractivity contribution in [3.63, 3.8) is 0 Å². The molecule has 0 saturated carbocycles. The Morgan fingerprint density at radius 2 is 1.93 bits per heavy atom. The molecule has 1 rings (SSSR count). The van der Waals surface area contributed by atoms with Crippen LogP contribution in [-0.2, 0) is 11.2 Å². The summed E-state index contributed by atoms with van der Waals surface area (Å²) in [5.41, 5.74) is 6.62. The summed E-state index contributed by atoms with van der Waals surface area (Å²) in [7, 11) is 0. The van der Waals surface area contributed by atoms with Crippen molar-refractivity contribution in [3.05, 3.63) is 30.1 Å². The molecule has 1 aromatic rings. The average Bonchev–Trinajstić information content (AvgIpc) is 2.04. The van der Waals surface area contributed by atoms with Crippen LogP contribution in [0.3, 0.4) is 0 Å². The van der Waals surface area contributed by atoms with Gasteiger partial charge in [-0.1, -0.05) is 0 Å². The van der Waals surface area contributed by atoms with Gasteiger partial charge >= 0.3 is 5.97 Å². The van der Waals surface area contributed by atoms with E-state index >= 15 is 0 Å². The van der Waals surface area contributed by atoms with Crippen LogP contribution in [0.15, 0.2) is 24.5 Å². The largest absolute Gasteiger partial charge is 0.481 e. The molecule has 86 valence electrons. The number of hydrogen-bond donors (Lipinski definition) is 2. The van der Waals surface area contributed by atoms with Crippen molar-refractivity contribution in [2.24, 2.45) is 5.73 Å². The van der Waals surface area contributed by atoms with Gasteiger partial charge in [-0.05, 0) is 24.1 Å². The van der Waals surface area contributed by atoms with Gasteiger partial charge in [0.2, 0.25) is 0 Å². The van der Waals surface area contributed by atoms with E-state index in [0.29, 0.717) is 6.42 Å². The van der Waals surface area contributed by atoms with Gasteiger partial charge in [-0.25, -0.2) is 0 Å². The first-order chi connectivity index (χ1) is 6.18. The van der Waals surface area contributed by atoms with E-state index in [2.05, 4.69) is 4.98 Å². The Hall–Kier alpha value is -0.840. The molecule has 0 bridgehead atoms. The lowest BCUT2D eigenvalue weighted by atomic mass is 10.1. The highest BCUT2D eigenvalue weighted by molar-refractivity contribution is 5.85. The number of halogens is 2. The zero-order valence-corrected chi connectivity index (χ0v) is 9.63. The summed E-state index contributed by atoms with van der Waals surface area (Å²) in [5.74, 6) is -0.860. The third kappa shape index (κ3) is 7.13. The van der Waals surface area contributed by atoms with E-state index in [-0.39, 0.29) is 37.3 Å². The molecular formula is C9H14Cl2N2O2. The Morgan fingerprint density at radius 3 is 2.40 bits per heavy atom. The van der Waals surface area contributed by atoms with Crippen LogP contribution in [-0.4, -0.2) is 22.1 Å². The first kappa shape index (κ1) is 16.6. The Kier molecular flexibility index (Phi) is 9.36. The maximum atomic E-state index is 10.3. The zero-order valence-electron chi connectivity index (χ0n) is 8.00. The molecule has 0 unspecified atom stereocenters. The number of rotatable bonds is 4. The van der Waals surface area contributed by atoms with Crippen molar-refractivity contribution in [2.45, 2.75) is 18.9 Å². The van der Waals surface area contributed by atoms with E-state index in [9.17, 15) is 4.79 Å². The van der Waals surface area contributed by atoms with Crippen molar-refractivity contribution in [2.75, 3.05) is 0 Å². The number of hydrogen-bond acceptors (Lipinski definition) is 3.